The molecule has 2 fully saturated rings. The number of hydrogen-bond donors (Lipinski definition) is 1. The zero-order valence-corrected chi connectivity index (χ0v) is 24.5. The first-order valence-corrected chi connectivity index (χ1v) is 15.0. The number of alkyl halides is 3. The van der Waals surface area contributed by atoms with Crippen LogP contribution in [0, 0.1) is 17.2 Å². The monoisotopic (exact) mass is 621 g/mol. The maximum atomic E-state index is 13.0. The second kappa shape index (κ2) is 10.6. The molecule has 4 aliphatic heterocycles. The number of likely N-dealkylation sites (tertiary alicyclic amines) is 1. The number of piperidine rings is 1. The van der Waals surface area contributed by atoms with E-state index in [9.17, 15) is 36.4 Å². The molecule has 1 N–H and O–H groups in total. The van der Waals surface area contributed by atoms with Crippen molar-refractivity contribution in [1.29, 1.82) is 5.26 Å². The molecule has 12 nitrogen and oxygen atoms in total. The van der Waals surface area contributed by atoms with Crippen molar-refractivity contribution in [2.75, 3.05) is 19.6 Å². The van der Waals surface area contributed by atoms with E-state index in [-0.39, 0.29) is 28.4 Å². The third kappa shape index (κ3) is 5.96. The Morgan fingerprint density at radius 2 is 1.95 bits per heavy atom. The molecule has 1 aromatic carbocycles. The molecule has 0 radical (unpaired) electrons. The number of amidine groups is 1. The zero-order chi connectivity index (χ0) is 31.4. The van der Waals surface area contributed by atoms with Crippen molar-refractivity contribution in [3.8, 4) is 6.07 Å². The second-order valence-electron chi connectivity index (χ2n) is 11.8. The number of sulfonamides is 1. The summed E-state index contributed by atoms with van der Waals surface area (Å²) in [6.07, 6.45) is -1.34. The Hall–Kier alpha value is -3.97. The molecular weight excluding hydrogens is 591 g/mol. The first-order valence-electron chi connectivity index (χ1n) is 13.5. The first-order chi connectivity index (χ1) is 20.0. The van der Waals surface area contributed by atoms with Crippen LogP contribution in [-0.2, 0) is 26.1 Å². The van der Waals surface area contributed by atoms with Crippen molar-refractivity contribution >= 4 is 39.8 Å². The van der Waals surface area contributed by atoms with E-state index in [4.69, 9.17) is 4.74 Å². The van der Waals surface area contributed by atoms with E-state index in [1.165, 1.54) is 24.4 Å². The van der Waals surface area contributed by atoms with E-state index in [0.717, 1.165) is 0 Å². The third-order valence-corrected chi connectivity index (χ3v) is 9.48. The summed E-state index contributed by atoms with van der Waals surface area (Å²) < 4.78 is 70.1. The lowest BCUT2D eigenvalue weighted by Gasteiger charge is -2.47. The van der Waals surface area contributed by atoms with Crippen LogP contribution >= 0.6 is 0 Å². The fourth-order valence-corrected chi connectivity index (χ4v) is 7.23. The number of benzene rings is 1. The van der Waals surface area contributed by atoms with Crippen LogP contribution in [0.2, 0.25) is 0 Å². The summed E-state index contributed by atoms with van der Waals surface area (Å²) in [5.41, 5.74) is 2.57. The largest absolute Gasteiger partial charge is 0.444 e. The topological polar surface area (TPSA) is 148 Å². The minimum absolute atomic E-state index is 0.0660. The molecule has 1 aromatic rings. The molecule has 0 bridgehead atoms. The lowest BCUT2D eigenvalue weighted by atomic mass is 9.83. The van der Waals surface area contributed by atoms with Crippen LogP contribution in [0.1, 0.15) is 45.6 Å². The van der Waals surface area contributed by atoms with Gasteiger partial charge in [0.1, 0.15) is 23.9 Å². The number of dihydropyridines is 1. The van der Waals surface area contributed by atoms with E-state index in [1.54, 1.807) is 36.8 Å². The molecule has 0 aliphatic carbocycles. The van der Waals surface area contributed by atoms with Gasteiger partial charge in [-0.2, -0.15) is 22.7 Å². The quantitative estimate of drug-likeness (QED) is 0.538. The van der Waals surface area contributed by atoms with Gasteiger partial charge in [-0.1, -0.05) is 0 Å². The van der Waals surface area contributed by atoms with Gasteiger partial charge >= 0.3 is 12.3 Å². The smallest absolute Gasteiger partial charge is 0.410 e. The van der Waals surface area contributed by atoms with Gasteiger partial charge in [0.2, 0.25) is 10.0 Å². The molecule has 2 amide bonds. The number of aliphatic imine (C=N–C) groups is 2. The minimum Gasteiger partial charge on any atom is -0.444 e. The van der Waals surface area contributed by atoms with Crippen LogP contribution in [0.5, 0.6) is 0 Å². The summed E-state index contributed by atoms with van der Waals surface area (Å²) in [5.74, 6) is -1.28. The molecule has 230 valence electrons. The molecule has 4 aliphatic rings. The number of carbonyl (C=O) groups is 2. The van der Waals surface area contributed by atoms with Crippen molar-refractivity contribution in [3.63, 3.8) is 0 Å². The lowest BCUT2D eigenvalue weighted by molar-refractivity contribution is -0.136. The van der Waals surface area contributed by atoms with Gasteiger partial charge in [-0.3, -0.25) is 15.2 Å². The maximum absolute atomic E-state index is 13.0. The van der Waals surface area contributed by atoms with Crippen LogP contribution in [0.4, 0.5) is 23.7 Å². The van der Waals surface area contributed by atoms with Gasteiger partial charge in [-0.25, -0.2) is 23.2 Å². The number of halogens is 3. The fourth-order valence-electron chi connectivity index (χ4n) is 5.63. The highest BCUT2D eigenvalue weighted by Gasteiger charge is 2.51. The van der Waals surface area contributed by atoms with Crippen molar-refractivity contribution in [2.24, 2.45) is 15.9 Å². The Morgan fingerprint density at radius 3 is 2.58 bits per heavy atom. The van der Waals surface area contributed by atoms with Gasteiger partial charge < -0.3 is 9.64 Å². The number of ether oxygens (including phenoxy) is 1. The SMILES string of the molecule is CC(C)(C)OC(=O)N1CCC(CC#N)(N2NC(=Nc3ccc4c(c3)CN(CC(F)(F)F)S4(=O)=O)C3C(=O)N=CC=C32)CC1. The number of allylic oxidation sites excluding steroid dienone is 1. The molecule has 1 atom stereocenters. The van der Waals surface area contributed by atoms with Crippen LogP contribution < -0.4 is 5.43 Å². The molecule has 43 heavy (non-hydrogen) atoms. The number of nitriles is 1. The second-order valence-corrected chi connectivity index (χ2v) is 13.7. The Kier molecular flexibility index (Phi) is 7.54. The number of amides is 2. The van der Waals surface area contributed by atoms with E-state index < -0.39 is 58.3 Å². The average Bonchev–Trinajstić information content (AvgIpc) is 3.38. The maximum Gasteiger partial charge on any atom is 0.410 e. The van der Waals surface area contributed by atoms with Crippen molar-refractivity contribution in [3.05, 3.63) is 35.5 Å². The molecule has 0 spiro atoms. The number of hydrogen-bond acceptors (Lipinski definition) is 8. The predicted molar refractivity (Wildman–Crippen MR) is 147 cm³/mol. The Morgan fingerprint density at radius 1 is 1.26 bits per heavy atom. The molecule has 0 aromatic heterocycles. The van der Waals surface area contributed by atoms with Gasteiger partial charge in [0.15, 0.2) is 0 Å². The summed E-state index contributed by atoms with van der Waals surface area (Å²) in [4.78, 5) is 35.4. The standard InChI is InChI=1S/C27H30F3N7O5S/c1-25(2,3)42-24(39)35-12-8-26(7-10-31,9-13-35)37-19-6-11-32-23(38)21(19)22(34-37)33-18-4-5-20-17(14-18)15-36(43(20,40)41)16-27(28,29)30/h4-6,11,14,21H,7-9,12-13,15-16H2,1-3H3,(H,33,34). The first kappa shape index (κ1) is 30.5. The number of nitrogens with one attached hydrogen (secondary N) is 1. The van der Waals surface area contributed by atoms with E-state index in [2.05, 4.69) is 21.5 Å². The number of carbonyl (C=O) groups excluding carboxylic acids is 2. The molecule has 5 rings (SSSR count). The Bertz CT molecular complexity index is 1580. The zero-order valence-electron chi connectivity index (χ0n) is 23.7. The van der Waals surface area contributed by atoms with Crippen molar-refractivity contribution < 1.29 is 35.9 Å². The summed E-state index contributed by atoms with van der Waals surface area (Å²) in [7, 11) is -4.32. The van der Waals surface area contributed by atoms with Crippen LogP contribution in [0.3, 0.4) is 0 Å². The molecule has 1 unspecified atom stereocenters. The summed E-state index contributed by atoms with van der Waals surface area (Å²) >= 11 is 0. The van der Waals surface area contributed by atoms with Gasteiger partial charge in [-0.15, -0.1) is 0 Å². The number of fused-ring (bicyclic) bond motifs is 2. The number of nitrogens with zero attached hydrogens (tertiary/aromatic N) is 6. The van der Waals surface area contributed by atoms with Crippen LogP contribution in [0.25, 0.3) is 0 Å². The van der Waals surface area contributed by atoms with E-state index in [1.807, 2.05) is 0 Å². The summed E-state index contributed by atoms with van der Waals surface area (Å²) in [5, 5.41) is 11.5. The number of hydrazine groups is 1. The minimum atomic E-state index is -4.71. The molecular formula is C27H30F3N7O5S. The van der Waals surface area contributed by atoms with Crippen LogP contribution in [-0.4, -0.2) is 83.6 Å². The third-order valence-electron chi connectivity index (χ3n) is 7.59. The highest BCUT2D eigenvalue weighted by Crippen LogP contribution is 2.41. The van der Waals surface area contributed by atoms with Crippen molar-refractivity contribution in [1.82, 2.24) is 19.6 Å². The van der Waals surface area contributed by atoms with E-state index >= 15 is 0 Å². The predicted octanol–water partition coefficient (Wildman–Crippen LogP) is 3.40. The Balaban J connectivity index is 1.43. The highest BCUT2D eigenvalue weighted by molar-refractivity contribution is 7.89. The van der Waals surface area contributed by atoms with E-state index in [0.29, 0.717) is 35.9 Å². The summed E-state index contributed by atoms with van der Waals surface area (Å²) in [6, 6.07) is 6.16. The van der Waals surface area contributed by atoms with Gasteiger partial charge in [0.05, 0.1) is 34.3 Å². The number of rotatable bonds is 4. The normalized spacial score (nSPS) is 23.8. The summed E-state index contributed by atoms with van der Waals surface area (Å²) in [6.45, 7) is 3.85. The molecule has 16 heteroatoms. The molecule has 4 heterocycles. The highest BCUT2D eigenvalue weighted by atomic mass is 32.2. The van der Waals surface area contributed by atoms with Gasteiger partial charge in [-0.05, 0) is 63.5 Å². The van der Waals surface area contributed by atoms with Crippen molar-refractivity contribution in [2.45, 2.75) is 68.8 Å². The molecule has 0 saturated carbocycles. The Labute approximate surface area is 246 Å². The van der Waals surface area contributed by atoms with Crippen LogP contribution in [0.15, 0.2) is 44.9 Å². The fraction of sp³-hybridized carbons (Fsp3) is 0.519. The van der Waals surface area contributed by atoms with Gasteiger partial charge in [0, 0.05) is 25.8 Å². The van der Waals surface area contributed by atoms with Gasteiger partial charge in [0.25, 0.3) is 5.91 Å². The average molecular weight is 622 g/mol. The lowest BCUT2D eigenvalue weighted by Crippen LogP contribution is -2.58. The molecule has 2 saturated heterocycles.